The number of amides is 1. The Morgan fingerprint density at radius 3 is 2.87 bits per heavy atom. The molecule has 0 bridgehead atoms. The van der Waals surface area contributed by atoms with E-state index in [4.69, 9.17) is 10.5 Å². The van der Waals surface area contributed by atoms with Gasteiger partial charge in [0.25, 0.3) is 0 Å². The zero-order valence-corrected chi connectivity index (χ0v) is 13.1. The molecule has 23 heavy (non-hydrogen) atoms. The van der Waals surface area contributed by atoms with Crippen molar-refractivity contribution in [2.45, 2.75) is 19.3 Å². The molecule has 0 spiro atoms. The molecular formula is C17H20N4O2. The molecule has 1 amide bonds. The molecule has 0 saturated carbocycles. The van der Waals surface area contributed by atoms with Gasteiger partial charge in [-0.3, -0.25) is 4.79 Å². The topological polar surface area (TPSA) is 81.3 Å². The number of nitrogens with zero attached hydrogens (tertiary/aromatic N) is 3. The van der Waals surface area contributed by atoms with Gasteiger partial charge in [0.1, 0.15) is 11.6 Å². The maximum absolute atomic E-state index is 11.7. The van der Waals surface area contributed by atoms with Gasteiger partial charge in [0.2, 0.25) is 11.8 Å². The Kier molecular flexibility index (Phi) is 4.52. The lowest BCUT2D eigenvalue weighted by atomic mass is 10.1. The van der Waals surface area contributed by atoms with Crippen LogP contribution in [0.4, 0.5) is 0 Å². The highest BCUT2D eigenvalue weighted by molar-refractivity contribution is 5.78. The summed E-state index contributed by atoms with van der Waals surface area (Å²) in [5, 5.41) is 0. The minimum Gasteiger partial charge on any atom is -0.439 e. The van der Waals surface area contributed by atoms with Gasteiger partial charge in [0, 0.05) is 30.8 Å². The van der Waals surface area contributed by atoms with Gasteiger partial charge >= 0.3 is 0 Å². The van der Waals surface area contributed by atoms with Crippen molar-refractivity contribution < 1.29 is 9.53 Å². The normalized spacial score (nSPS) is 17.3. The van der Waals surface area contributed by atoms with E-state index >= 15 is 0 Å². The second kappa shape index (κ2) is 6.75. The number of rotatable bonds is 4. The van der Waals surface area contributed by atoms with Gasteiger partial charge in [-0.1, -0.05) is 18.2 Å². The highest BCUT2D eigenvalue weighted by Crippen LogP contribution is 2.27. The van der Waals surface area contributed by atoms with Crippen LogP contribution in [0, 0.1) is 6.92 Å². The predicted octanol–water partition coefficient (Wildman–Crippen LogP) is 1.85. The highest BCUT2D eigenvalue weighted by atomic mass is 16.5. The summed E-state index contributed by atoms with van der Waals surface area (Å²) < 4.78 is 5.80. The van der Waals surface area contributed by atoms with E-state index in [9.17, 15) is 4.79 Å². The molecule has 2 aromatic rings. The number of aromatic nitrogens is 2. The van der Waals surface area contributed by atoms with Gasteiger partial charge in [-0.25, -0.2) is 4.98 Å². The summed E-state index contributed by atoms with van der Waals surface area (Å²) in [4.78, 5) is 22.5. The molecule has 1 saturated heterocycles. The lowest BCUT2D eigenvalue weighted by molar-refractivity contribution is -0.128. The van der Waals surface area contributed by atoms with E-state index in [1.165, 1.54) is 0 Å². The summed E-state index contributed by atoms with van der Waals surface area (Å²) in [7, 11) is 0. The highest BCUT2D eigenvalue weighted by Gasteiger charge is 2.29. The van der Waals surface area contributed by atoms with Gasteiger partial charge in [0.15, 0.2) is 0 Å². The fourth-order valence-electron chi connectivity index (χ4n) is 2.73. The quantitative estimate of drug-likeness (QED) is 0.932. The van der Waals surface area contributed by atoms with Crippen LogP contribution in [0.25, 0.3) is 0 Å². The number of para-hydroxylation sites is 1. The molecule has 1 atom stereocenters. The van der Waals surface area contributed by atoms with Crippen LogP contribution in [0.2, 0.25) is 0 Å². The number of nitrogens with two attached hydrogens (primary N) is 1. The zero-order valence-electron chi connectivity index (χ0n) is 13.1. The van der Waals surface area contributed by atoms with Crippen molar-refractivity contribution in [1.29, 1.82) is 0 Å². The molecule has 0 radical (unpaired) electrons. The van der Waals surface area contributed by atoms with Crippen molar-refractivity contribution in [2.24, 2.45) is 5.73 Å². The third kappa shape index (κ3) is 3.65. The number of hydrogen-bond acceptors (Lipinski definition) is 5. The van der Waals surface area contributed by atoms with Crippen molar-refractivity contribution in [1.82, 2.24) is 14.9 Å². The molecule has 1 aromatic carbocycles. The Labute approximate surface area is 135 Å². The lowest BCUT2D eigenvalue weighted by Crippen LogP contribution is -2.34. The monoisotopic (exact) mass is 312 g/mol. The number of likely N-dealkylation sites (tertiary alicyclic amines) is 1. The van der Waals surface area contributed by atoms with Crippen LogP contribution in [-0.4, -0.2) is 40.4 Å². The Morgan fingerprint density at radius 2 is 2.13 bits per heavy atom. The maximum atomic E-state index is 11.7. The molecule has 6 heteroatoms. The van der Waals surface area contributed by atoms with Crippen LogP contribution in [0.5, 0.6) is 11.6 Å². The van der Waals surface area contributed by atoms with Crippen LogP contribution in [0.15, 0.2) is 36.4 Å². The van der Waals surface area contributed by atoms with E-state index in [0.29, 0.717) is 19.0 Å². The third-order valence-electron chi connectivity index (χ3n) is 3.89. The van der Waals surface area contributed by atoms with E-state index in [1.54, 1.807) is 4.90 Å². The molecule has 3 rings (SSSR count). The van der Waals surface area contributed by atoms with Gasteiger partial charge in [-0.2, -0.15) is 4.98 Å². The fourth-order valence-corrected chi connectivity index (χ4v) is 2.73. The molecule has 1 aliphatic heterocycles. The average molecular weight is 312 g/mol. The Balaban J connectivity index is 1.77. The number of carbonyl (C=O) groups excluding carboxylic acids is 1. The summed E-state index contributed by atoms with van der Waals surface area (Å²) in [6.45, 7) is 3.28. The first kappa shape index (κ1) is 15.4. The second-order valence-corrected chi connectivity index (χ2v) is 5.65. The Bertz CT molecular complexity index is 690. The summed E-state index contributed by atoms with van der Waals surface area (Å²) in [6.07, 6.45) is 0.847. The van der Waals surface area contributed by atoms with Gasteiger partial charge in [-0.15, -0.1) is 0 Å². The second-order valence-electron chi connectivity index (χ2n) is 5.65. The number of hydrogen-bond donors (Lipinski definition) is 1. The zero-order chi connectivity index (χ0) is 16.2. The average Bonchev–Trinajstić information content (AvgIpc) is 3.04. The molecule has 1 fully saturated rings. The molecule has 0 aliphatic carbocycles. The summed E-state index contributed by atoms with van der Waals surface area (Å²) in [5.74, 6) is 2.10. The van der Waals surface area contributed by atoms with Crippen LogP contribution in [0.3, 0.4) is 0 Å². The first-order chi connectivity index (χ1) is 11.2. The van der Waals surface area contributed by atoms with Crippen LogP contribution in [0.1, 0.15) is 23.9 Å². The molecule has 0 unspecified atom stereocenters. The summed E-state index contributed by atoms with van der Waals surface area (Å²) in [6, 6.07) is 11.3. The number of benzene rings is 1. The minimum absolute atomic E-state index is 0.0269. The summed E-state index contributed by atoms with van der Waals surface area (Å²) in [5.41, 5.74) is 6.28. The van der Waals surface area contributed by atoms with Gasteiger partial charge < -0.3 is 15.4 Å². The largest absolute Gasteiger partial charge is 0.439 e. The predicted molar refractivity (Wildman–Crippen MR) is 86.3 cm³/mol. The molecule has 120 valence electrons. The smallest absolute Gasteiger partial charge is 0.236 e. The standard InChI is InChI=1S/C17H20N4O2/c1-12-9-15(23-14-5-3-2-4-6-14)20-17(19-12)13-7-8-21(11-13)16(22)10-18/h2-6,9,13H,7-8,10-11,18H2,1H3/t13-/m0/s1. The van der Waals surface area contributed by atoms with E-state index in [1.807, 2.05) is 43.3 Å². The van der Waals surface area contributed by atoms with Crippen LogP contribution in [-0.2, 0) is 4.79 Å². The fraction of sp³-hybridized carbons (Fsp3) is 0.353. The molecule has 2 heterocycles. The Hall–Kier alpha value is -2.47. The van der Waals surface area contributed by atoms with E-state index in [0.717, 1.165) is 23.7 Å². The van der Waals surface area contributed by atoms with Crippen molar-refractivity contribution in [3.8, 4) is 11.6 Å². The van der Waals surface area contributed by atoms with Crippen LogP contribution >= 0.6 is 0 Å². The number of ether oxygens (including phenoxy) is 1. The summed E-state index contributed by atoms with van der Waals surface area (Å²) >= 11 is 0. The van der Waals surface area contributed by atoms with Crippen molar-refractivity contribution in [3.05, 3.63) is 47.9 Å². The molecule has 1 aromatic heterocycles. The molecule has 1 aliphatic rings. The minimum atomic E-state index is -0.0269. The molecular weight excluding hydrogens is 292 g/mol. The third-order valence-corrected chi connectivity index (χ3v) is 3.89. The molecule has 6 nitrogen and oxygen atoms in total. The van der Waals surface area contributed by atoms with E-state index < -0.39 is 0 Å². The first-order valence-electron chi connectivity index (χ1n) is 7.72. The molecule has 2 N–H and O–H groups in total. The van der Waals surface area contributed by atoms with Crippen molar-refractivity contribution >= 4 is 5.91 Å². The lowest BCUT2D eigenvalue weighted by Gasteiger charge is -2.15. The van der Waals surface area contributed by atoms with Crippen LogP contribution < -0.4 is 10.5 Å². The maximum Gasteiger partial charge on any atom is 0.236 e. The first-order valence-corrected chi connectivity index (χ1v) is 7.72. The van der Waals surface area contributed by atoms with Gasteiger partial charge in [0.05, 0.1) is 6.54 Å². The van der Waals surface area contributed by atoms with Crippen molar-refractivity contribution in [3.63, 3.8) is 0 Å². The van der Waals surface area contributed by atoms with E-state index in [2.05, 4.69) is 9.97 Å². The van der Waals surface area contributed by atoms with Crippen molar-refractivity contribution in [2.75, 3.05) is 19.6 Å². The van der Waals surface area contributed by atoms with E-state index in [-0.39, 0.29) is 18.4 Å². The number of aryl methyl sites for hydroxylation is 1. The number of carbonyl (C=O) groups is 1. The Morgan fingerprint density at radius 1 is 1.35 bits per heavy atom. The van der Waals surface area contributed by atoms with Gasteiger partial charge in [-0.05, 0) is 25.5 Å². The SMILES string of the molecule is Cc1cc(Oc2ccccc2)nc([C@H]2CCN(C(=O)CN)C2)n1.